The molecule has 0 aliphatic carbocycles. The van der Waals surface area contributed by atoms with E-state index in [9.17, 15) is 13.2 Å². The lowest BCUT2D eigenvalue weighted by molar-refractivity contribution is -0.119. The highest BCUT2D eigenvalue weighted by Crippen LogP contribution is 2.35. The van der Waals surface area contributed by atoms with Crippen LogP contribution in [-0.2, 0) is 14.8 Å². The first-order chi connectivity index (χ1) is 13.9. The van der Waals surface area contributed by atoms with Crippen LogP contribution >= 0.6 is 0 Å². The molecule has 0 spiro atoms. The van der Waals surface area contributed by atoms with Gasteiger partial charge < -0.3 is 19.1 Å². The highest BCUT2D eigenvalue weighted by molar-refractivity contribution is 7.92. The molecule has 8 nitrogen and oxygen atoms in total. The highest BCUT2D eigenvalue weighted by Gasteiger charge is 2.24. The first-order valence-electron chi connectivity index (χ1n) is 9.13. The molecule has 9 heteroatoms. The Morgan fingerprint density at radius 3 is 2.34 bits per heavy atom. The van der Waals surface area contributed by atoms with E-state index in [2.05, 4.69) is 4.72 Å². The van der Waals surface area contributed by atoms with Crippen molar-refractivity contribution in [1.29, 1.82) is 0 Å². The Morgan fingerprint density at radius 1 is 0.931 bits per heavy atom. The Labute approximate surface area is 170 Å². The Hall–Kier alpha value is -2.94. The maximum atomic E-state index is 12.9. The van der Waals surface area contributed by atoms with E-state index in [1.54, 1.807) is 29.2 Å². The molecule has 0 aromatic heterocycles. The quantitative estimate of drug-likeness (QED) is 0.740. The number of carbonyl (C=O) groups is 1. The molecule has 3 rings (SSSR count). The third kappa shape index (κ3) is 4.40. The van der Waals surface area contributed by atoms with Gasteiger partial charge in [-0.2, -0.15) is 0 Å². The summed E-state index contributed by atoms with van der Waals surface area (Å²) >= 11 is 0. The Balaban J connectivity index is 1.93. The van der Waals surface area contributed by atoms with E-state index in [1.165, 1.54) is 33.5 Å². The van der Waals surface area contributed by atoms with Gasteiger partial charge in [-0.3, -0.25) is 9.52 Å². The van der Waals surface area contributed by atoms with Gasteiger partial charge in [0.15, 0.2) is 0 Å². The van der Waals surface area contributed by atoms with Gasteiger partial charge in [-0.1, -0.05) is 0 Å². The Morgan fingerprint density at radius 2 is 1.69 bits per heavy atom. The van der Waals surface area contributed by atoms with Crippen LogP contribution < -0.4 is 23.8 Å². The summed E-state index contributed by atoms with van der Waals surface area (Å²) in [5.41, 5.74) is 0.930. The van der Waals surface area contributed by atoms with Crippen molar-refractivity contribution >= 4 is 27.3 Å². The first kappa shape index (κ1) is 20.8. The van der Waals surface area contributed by atoms with Crippen molar-refractivity contribution in [1.82, 2.24) is 0 Å². The van der Waals surface area contributed by atoms with Crippen LogP contribution in [0.1, 0.15) is 19.3 Å². The minimum Gasteiger partial charge on any atom is -0.497 e. The van der Waals surface area contributed by atoms with Crippen LogP contribution in [-0.4, -0.2) is 42.2 Å². The summed E-state index contributed by atoms with van der Waals surface area (Å²) in [6.45, 7) is 0.612. The number of benzene rings is 2. The second kappa shape index (κ2) is 8.60. The second-order valence-corrected chi connectivity index (χ2v) is 8.16. The number of carbonyl (C=O) groups excluding carboxylic acids is 1. The Kier molecular flexibility index (Phi) is 6.17. The topological polar surface area (TPSA) is 94.2 Å². The average molecular weight is 420 g/mol. The molecule has 1 saturated heterocycles. The number of nitrogens with zero attached hydrogens (tertiary/aromatic N) is 1. The third-order valence-electron chi connectivity index (χ3n) is 4.71. The number of ether oxygens (including phenoxy) is 3. The minimum absolute atomic E-state index is 0.0315. The molecule has 1 aliphatic rings. The van der Waals surface area contributed by atoms with E-state index in [4.69, 9.17) is 14.2 Å². The van der Waals surface area contributed by atoms with Crippen molar-refractivity contribution in [3.8, 4) is 17.2 Å². The highest BCUT2D eigenvalue weighted by atomic mass is 32.2. The maximum absolute atomic E-state index is 12.9. The molecular weight excluding hydrogens is 396 g/mol. The number of rotatable bonds is 7. The monoisotopic (exact) mass is 420 g/mol. The number of methoxy groups -OCH3 is 3. The van der Waals surface area contributed by atoms with Gasteiger partial charge in [-0.15, -0.1) is 0 Å². The lowest BCUT2D eigenvalue weighted by atomic mass is 10.1. The third-order valence-corrected chi connectivity index (χ3v) is 6.11. The SMILES string of the molecule is COc1ccc(OC)c(S(=O)(=O)Nc2ccc(N3CCCCC3=O)c(OC)c2)c1. The zero-order valence-corrected chi connectivity index (χ0v) is 17.4. The largest absolute Gasteiger partial charge is 0.497 e. The number of sulfonamides is 1. The molecule has 1 heterocycles. The standard InChI is InChI=1S/C20H24N2O6S/c1-26-15-8-10-17(27-2)19(13-15)29(24,25)21-14-7-9-16(18(12-14)28-3)22-11-5-4-6-20(22)23/h7-10,12-13,21H,4-6,11H2,1-3H3. The summed E-state index contributed by atoms with van der Waals surface area (Å²) in [5.74, 6) is 1.03. The fourth-order valence-corrected chi connectivity index (χ4v) is 4.46. The van der Waals surface area contributed by atoms with Crippen LogP contribution in [0.5, 0.6) is 17.2 Å². The molecule has 1 amide bonds. The molecule has 1 N–H and O–H groups in total. The molecular formula is C20H24N2O6S. The molecule has 2 aromatic rings. The van der Waals surface area contributed by atoms with Gasteiger partial charge in [-0.25, -0.2) is 8.42 Å². The summed E-state index contributed by atoms with van der Waals surface area (Å²) in [6.07, 6.45) is 2.28. The number of piperidine rings is 1. The number of nitrogens with one attached hydrogen (secondary N) is 1. The van der Waals surface area contributed by atoms with Crippen molar-refractivity contribution in [2.24, 2.45) is 0 Å². The smallest absolute Gasteiger partial charge is 0.265 e. The molecule has 0 saturated carbocycles. The van der Waals surface area contributed by atoms with Gasteiger partial charge in [0.25, 0.3) is 10.0 Å². The number of hydrogen-bond donors (Lipinski definition) is 1. The van der Waals surface area contributed by atoms with Gasteiger partial charge in [0, 0.05) is 25.1 Å². The van der Waals surface area contributed by atoms with Crippen molar-refractivity contribution in [2.75, 3.05) is 37.5 Å². The van der Waals surface area contributed by atoms with Crippen LogP contribution in [0, 0.1) is 0 Å². The van der Waals surface area contributed by atoms with Crippen LogP contribution in [0.2, 0.25) is 0 Å². The van der Waals surface area contributed by atoms with Crippen LogP contribution in [0.15, 0.2) is 41.3 Å². The Bertz CT molecular complexity index is 1010. The molecule has 2 aromatic carbocycles. The van der Waals surface area contributed by atoms with Crippen LogP contribution in [0.25, 0.3) is 0 Å². The van der Waals surface area contributed by atoms with Crippen molar-refractivity contribution in [3.63, 3.8) is 0 Å². The molecule has 1 aliphatic heterocycles. The average Bonchev–Trinajstić information content (AvgIpc) is 2.73. The van der Waals surface area contributed by atoms with Crippen molar-refractivity contribution < 1.29 is 27.4 Å². The fraction of sp³-hybridized carbons (Fsp3) is 0.350. The molecule has 156 valence electrons. The lowest BCUT2D eigenvalue weighted by Crippen LogP contribution is -2.35. The lowest BCUT2D eigenvalue weighted by Gasteiger charge is -2.28. The van der Waals surface area contributed by atoms with E-state index in [0.29, 0.717) is 35.8 Å². The van der Waals surface area contributed by atoms with Crippen LogP contribution in [0.3, 0.4) is 0 Å². The summed E-state index contributed by atoms with van der Waals surface area (Å²) in [7, 11) is 0.382. The number of hydrogen-bond acceptors (Lipinski definition) is 6. The number of amides is 1. The van der Waals surface area contributed by atoms with E-state index in [-0.39, 0.29) is 16.6 Å². The van der Waals surface area contributed by atoms with Gasteiger partial charge in [0.2, 0.25) is 5.91 Å². The van der Waals surface area contributed by atoms with Gasteiger partial charge >= 0.3 is 0 Å². The van der Waals surface area contributed by atoms with Gasteiger partial charge in [0.1, 0.15) is 22.1 Å². The molecule has 0 radical (unpaired) electrons. The van der Waals surface area contributed by atoms with Crippen LogP contribution in [0.4, 0.5) is 11.4 Å². The molecule has 0 atom stereocenters. The zero-order chi connectivity index (χ0) is 21.0. The molecule has 1 fully saturated rings. The predicted molar refractivity (Wildman–Crippen MR) is 110 cm³/mol. The summed E-state index contributed by atoms with van der Waals surface area (Å²) in [5, 5.41) is 0. The first-order valence-corrected chi connectivity index (χ1v) is 10.6. The van der Waals surface area contributed by atoms with E-state index in [1.807, 2.05) is 0 Å². The van der Waals surface area contributed by atoms with E-state index >= 15 is 0 Å². The van der Waals surface area contributed by atoms with Gasteiger partial charge in [-0.05, 0) is 37.1 Å². The molecule has 0 unspecified atom stereocenters. The maximum Gasteiger partial charge on any atom is 0.265 e. The van der Waals surface area contributed by atoms with E-state index < -0.39 is 10.0 Å². The van der Waals surface area contributed by atoms with E-state index in [0.717, 1.165) is 12.8 Å². The summed E-state index contributed by atoms with van der Waals surface area (Å²) in [4.78, 5) is 13.9. The van der Waals surface area contributed by atoms with Crippen molar-refractivity contribution in [2.45, 2.75) is 24.2 Å². The predicted octanol–water partition coefficient (Wildman–Crippen LogP) is 3.03. The second-order valence-electron chi connectivity index (χ2n) is 6.51. The number of anilines is 2. The fourth-order valence-electron chi connectivity index (χ4n) is 3.23. The normalized spacial score (nSPS) is 14.4. The summed E-state index contributed by atoms with van der Waals surface area (Å²) < 4.78 is 44.1. The van der Waals surface area contributed by atoms with Gasteiger partial charge in [0.05, 0.1) is 32.7 Å². The molecule has 29 heavy (non-hydrogen) atoms. The molecule has 0 bridgehead atoms. The van der Waals surface area contributed by atoms with Crippen molar-refractivity contribution in [3.05, 3.63) is 36.4 Å². The minimum atomic E-state index is -3.95. The summed E-state index contributed by atoms with van der Waals surface area (Å²) in [6, 6.07) is 9.37. The zero-order valence-electron chi connectivity index (χ0n) is 16.6.